The van der Waals surface area contributed by atoms with Crippen LogP contribution in [0.3, 0.4) is 0 Å². The number of aliphatic carboxylic acids is 1. The molecule has 0 aliphatic heterocycles. The molecule has 3 aromatic carbocycles. The molecule has 0 saturated heterocycles. The maximum atomic E-state index is 14.4. The smallest absolute Gasteiger partial charge is 0.326 e. The van der Waals surface area contributed by atoms with Crippen LogP contribution in [0.4, 0.5) is 0 Å². The Balaban J connectivity index is 1.25. The number of amides is 6. The van der Waals surface area contributed by atoms with Crippen LogP contribution >= 0.6 is 0 Å². The van der Waals surface area contributed by atoms with E-state index in [0.29, 0.717) is 5.56 Å². The summed E-state index contributed by atoms with van der Waals surface area (Å²) >= 11 is 0. The number of carbonyl (C=O) groups is 7. The molecule has 1 aliphatic rings. The van der Waals surface area contributed by atoms with Crippen LogP contribution in [0.2, 0.25) is 0 Å². The summed E-state index contributed by atoms with van der Waals surface area (Å²) in [5.74, 6) is -6.38. The molecule has 8 N–H and O–H groups in total. The molecule has 0 spiro atoms. The third-order valence-electron chi connectivity index (χ3n) is 11.4. The van der Waals surface area contributed by atoms with E-state index in [-0.39, 0.29) is 18.8 Å². The Morgan fingerprint density at radius 2 is 1.21 bits per heavy atom. The Kier molecular flexibility index (Phi) is 16.2. The predicted octanol–water partition coefficient (Wildman–Crippen LogP) is 3.64. The van der Waals surface area contributed by atoms with Gasteiger partial charge in [0.05, 0.1) is 6.54 Å². The number of para-hydroxylation sites is 1. The van der Waals surface area contributed by atoms with E-state index in [1.807, 2.05) is 86.6 Å². The second-order valence-corrected chi connectivity index (χ2v) is 17.4. The van der Waals surface area contributed by atoms with Crippen molar-refractivity contribution in [2.24, 2.45) is 17.8 Å². The Bertz CT molecular complexity index is 2250. The molecule has 15 heteroatoms. The molecular weight excluding hydrogens is 803 g/mol. The van der Waals surface area contributed by atoms with E-state index in [0.717, 1.165) is 46.0 Å². The number of carboxylic acid groups (broad SMARTS) is 1. The normalized spacial score (nSPS) is 14.9. The monoisotopic (exact) mass is 863 g/mol. The Morgan fingerprint density at radius 3 is 1.78 bits per heavy atom. The number of rotatable bonds is 19. The van der Waals surface area contributed by atoms with Crippen LogP contribution in [0.1, 0.15) is 88.6 Å². The van der Waals surface area contributed by atoms with Crippen LogP contribution in [0.15, 0.2) is 79.0 Å². The second-order valence-electron chi connectivity index (χ2n) is 17.4. The van der Waals surface area contributed by atoms with Gasteiger partial charge in [-0.05, 0) is 70.9 Å². The summed E-state index contributed by atoms with van der Waals surface area (Å²) in [6, 6.07) is 17.4. The molecule has 336 valence electrons. The molecule has 1 aliphatic carbocycles. The van der Waals surface area contributed by atoms with Crippen molar-refractivity contribution in [3.05, 3.63) is 107 Å². The summed E-state index contributed by atoms with van der Waals surface area (Å²) in [7, 11) is 0. The Morgan fingerprint density at radius 1 is 0.651 bits per heavy atom. The van der Waals surface area contributed by atoms with E-state index in [9.17, 15) is 38.7 Å². The molecule has 0 unspecified atom stereocenters. The van der Waals surface area contributed by atoms with Crippen LogP contribution < -0.4 is 31.9 Å². The summed E-state index contributed by atoms with van der Waals surface area (Å²) < 4.78 is 0. The number of aromatic nitrogens is 1. The number of H-pyrrole nitrogens is 1. The van der Waals surface area contributed by atoms with Crippen molar-refractivity contribution in [3.63, 3.8) is 0 Å². The van der Waals surface area contributed by atoms with Crippen LogP contribution in [-0.4, -0.2) is 88.3 Å². The van der Waals surface area contributed by atoms with Gasteiger partial charge in [0.2, 0.25) is 35.4 Å². The van der Waals surface area contributed by atoms with Crippen molar-refractivity contribution < 1.29 is 38.7 Å². The van der Waals surface area contributed by atoms with Gasteiger partial charge in [-0.15, -0.1) is 0 Å². The van der Waals surface area contributed by atoms with E-state index in [1.165, 1.54) is 6.92 Å². The number of aryl methyl sites for hydroxylation is 2. The third-order valence-corrected chi connectivity index (χ3v) is 11.4. The van der Waals surface area contributed by atoms with E-state index < -0.39 is 95.9 Å². The maximum absolute atomic E-state index is 14.4. The number of benzene rings is 3. The average Bonchev–Trinajstić information content (AvgIpc) is 3.56. The number of carbonyl (C=O) groups excluding carboxylic acids is 6. The minimum atomic E-state index is -1.28. The molecule has 0 saturated carbocycles. The number of fused-ring (bicyclic) bond motifs is 3. The summed E-state index contributed by atoms with van der Waals surface area (Å²) in [6.07, 6.45) is 3.44. The summed E-state index contributed by atoms with van der Waals surface area (Å²) in [4.78, 5) is 96.8. The van der Waals surface area contributed by atoms with Crippen LogP contribution in [0, 0.1) is 17.8 Å². The van der Waals surface area contributed by atoms with E-state index in [2.05, 4.69) is 36.9 Å². The highest BCUT2D eigenvalue weighted by atomic mass is 16.4. The zero-order valence-electron chi connectivity index (χ0n) is 37.0. The molecule has 15 nitrogen and oxygen atoms in total. The van der Waals surface area contributed by atoms with Gasteiger partial charge in [-0.25, -0.2) is 4.79 Å². The van der Waals surface area contributed by atoms with Crippen molar-refractivity contribution in [1.29, 1.82) is 0 Å². The van der Waals surface area contributed by atoms with Gasteiger partial charge in [0.15, 0.2) is 0 Å². The quantitative estimate of drug-likeness (QED) is 0.0693. The fourth-order valence-corrected chi connectivity index (χ4v) is 8.22. The number of hydrogen-bond acceptors (Lipinski definition) is 7. The molecular formula is C48H61N7O8. The fourth-order valence-electron chi connectivity index (χ4n) is 8.22. The zero-order chi connectivity index (χ0) is 46.0. The number of carboxylic acids is 1. The number of hydrogen-bond donors (Lipinski definition) is 8. The average molecular weight is 864 g/mol. The highest BCUT2D eigenvalue weighted by molar-refractivity contribution is 5.96. The lowest BCUT2D eigenvalue weighted by Crippen LogP contribution is -2.59. The summed E-state index contributed by atoms with van der Waals surface area (Å²) in [5, 5.41) is 27.1. The third kappa shape index (κ3) is 12.3. The zero-order valence-corrected chi connectivity index (χ0v) is 37.0. The lowest BCUT2D eigenvalue weighted by Gasteiger charge is -2.31. The topological polar surface area (TPSA) is 228 Å². The van der Waals surface area contributed by atoms with E-state index >= 15 is 0 Å². The first kappa shape index (κ1) is 47.5. The van der Waals surface area contributed by atoms with Crippen molar-refractivity contribution >= 4 is 52.3 Å². The molecule has 0 radical (unpaired) electrons. The van der Waals surface area contributed by atoms with Crippen LogP contribution in [0.25, 0.3) is 10.9 Å². The van der Waals surface area contributed by atoms with Crippen molar-refractivity contribution in [2.45, 2.75) is 110 Å². The largest absolute Gasteiger partial charge is 0.480 e. The minimum absolute atomic E-state index is 0.00335. The number of nitrogens with one attached hydrogen (secondary N) is 7. The standard InChI is InChI=1S/C48H61N7O8/c1-26(2)22-37(52-47(61)43(51-29(7)56)40-34-17-10-8-14-30(34)20-21-31-15-9-11-18-35(31)40)44(58)55-41(27(3)4)45(59)50-25-39(57)54-42(28(5)6)46(60)53-38(48(62)63)23-32-24-49-36-19-13-12-16-33(32)36/h8-19,24,26-28,37-38,40-43,49H,20-23,25H2,1-7H3,(H,50,59)(H,51,56)(H,52,61)(H,53,60)(H,54,57)(H,55,58)(H,62,63)/t37-,38-,41-,42-,43+/m0/s1. The molecule has 5 atom stereocenters. The van der Waals surface area contributed by atoms with Gasteiger partial charge in [0.1, 0.15) is 30.2 Å². The predicted molar refractivity (Wildman–Crippen MR) is 239 cm³/mol. The van der Waals surface area contributed by atoms with Gasteiger partial charge in [-0.1, -0.05) is 108 Å². The van der Waals surface area contributed by atoms with Gasteiger partial charge in [0.25, 0.3) is 0 Å². The first-order chi connectivity index (χ1) is 29.9. The molecule has 0 fully saturated rings. The second kappa shape index (κ2) is 21.5. The Labute approximate surface area is 368 Å². The molecule has 63 heavy (non-hydrogen) atoms. The fraction of sp³-hybridized carbons (Fsp3) is 0.438. The molecule has 0 bridgehead atoms. The van der Waals surface area contributed by atoms with Crippen molar-refractivity contribution in [3.8, 4) is 0 Å². The van der Waals surface area contributed by atoms with Crippen molar-refractivity contribution in [2.75, 3.05) is 6.54 Å². The van der Waals surface area contributed by atoms with Gasteiger partial charge in [-0.2, -0.15) is 0 Å². The lowest BCUT2D eigenvalue weighted by atomic mass is 9.82. The molecule has 4 aromatic rings. The Hall–Kier alpha value is -6.51. The van der Waals surface area contributed by atoms with E-state index in [4.69, 9.17) is 0 Å². The van der Waals surface area contributed by atoms with Crippen molar-refractivity contribution in [1.82, 2.24) is 36.9 Å². The number of aromatic amines is 1. The van der Waals surface area contributed by atoms with E-state index in [1.54, 1.807) is 33.9 Å². The van der Waals surface area contributed by atoms with Crippen LogP contribution in [-0.2, 0) is 52.8 Å². The van der Waals surface area contributed by atoms with Gasteiger partial charge in [0, 0.05) is 36.4 Å². The highest BCUT2D eigenvalue weighted by Gasteiger charge is 2.38. The molecule has 1 heterocycles. The lowest BCUT2D eigenvalue weighted by molar-refractivity contribution is -0.142. The van der Waals surface area contributed by atoms with Gasteiger partial charge in [-0.3, -0.25) is 28.8 Å². The maximum Gasteiger partial charge on any atom is 0.326 e. The first-order valence-electron chi connectivity index (χ1n) is 21.6. The molecule has 1 aromatic heterocycles. The molecule has 5 rings (SSSR count). The summed E-state index contributed by atoms with van der Waals surface area (Å²) in [6.45, 7) is 11.4. The van der Waals surface area contributed by atoms with Gasteiger partial charge >= 0.3 is 5.97 Å². The van der Waals surface area contributed by atoms with Gasteiger partial charge < -0.3 is 42.0 Å². The molecule has 6 amide bonds. The summed E-state index contributed by atoms with van der Waals surface area (Å²) in [5.41, 5.74) is 5.47. The SMILES string of the molecule is CC(=O)N[C@@H](C(=O)N[C@@H](CC(C)C)C(=O)N[C@H](C(=O)NCC(=O)N[C@H](C(=O)N[C@@H](Cc1c[nH]c2ccccc12)C(=O)O)C(C)C)C(C)C)C1c2ccccc2CCc2ccccc21. The minimum Gasteiger partial charge on any atom is -0.480 e. The first-order valence-corrected chi connectivity index (χ1v) is 21.6. The van der Waals surface area contributed by atoms with Crippen LogP contribution in [0.5, 0.6) is 0 Å². The highest BCUT2D eigenvalue weighted by Crippen LogP contribution is 2.37.